The molecule has 0 aliphatic carbocycles. The van der Waals surface area contributed by atoms with Gasteiger partial charge in [0.25, 0.3) is 0 Å². The summed E-state index contributed by atoms with van der Waals surface area (Å²) in [5, 5.41) is 0.653. The zero-order chi connectivity index (χ0) is 25.4. The summed E-state index contributed by atoms with van der Waals surface area (Å²) >= 11 is 12.1. The predicted molar refractivity (Wildman–Crippen MR) is 119 cm³/mol. The molecule has 0 aromatic heterocycles. The molecule has 182 valence electrons. The minimum atomic E-state index is -6.07. The molecule has 2 rings (SSSR count). The topological polar surface area (TPSA) is 26.3 Å². The minimum absolute atomic E-state index is 0.0235. The molecule has 0 saturated heterocycles. The summed E-state index contributed by atoms with van der Waals surface area (Å²) in [5.41, 5.74) is 1.18. The molecule has 0 amide bonds. The maximum atomic E-state index is 13.5. The molecule has 0 unspecified atom stereocenters. The third-order valence-electron chi connectivity index (χ3n) is 5.03. The lowest BCUT2D eigenvalue weighted by Gasteiger charge is -2.33. The van der Waals surface area contributed by atoms with Crippen LogP contribution in [0.4, 0.5) is 22.0 Å². The van der Waals surface area contributed by atoms with E-state index < -0.39 is 23.8 Å². The average molecular weight is 511 g/mol. The molecule has 0 N–H and O–H groups in total. The third-order valence-corrected chi connectivity index (χ3v) is 5.61. The van der Waals surface area contributed by atoms with E-state index >= 15 is 0 Å². The molecule has 2 aromatic carbocycles. The highest BCUT2D eigenvalue weighted by molar-refractivity contribution is 6.35. The highest BCUT2D eigenvalue weighted by Gasteiger charge is 2.65. The fraction of sp³-hybridized carbons (Fsp3) is 0.458. The fourth-order valence-electron chi connectivity index (χ4n) is 3.82. The largest absolute Gasteiger partial charge is 0.465 e. The Morgan fingerprint density at radius 1 is 0.879 bits per heavy atom. The van der Waals surface area contributed by atoms with Gasteiger partial charge in [-0.1, -0.05) is 76.0 Å². The number of esters is 1. The van der Waals surface area contributed by atoms with Gasteiger partial charge in [0.15, 0.2) is 0 Å². The molecular formula is C24H25Cl2F5O2. The number of hydrogen-bond acceptors (Lipinski definition) is 2. The Kier molecular flexibility index (Phi) is 7.81. The van der Waals surface area contributed by atoms with Crippen LogP contribution in [0.5, 0.6) is 5.75 Å². The van der Waals surface area contributed by atoms with E-state index in [1.165, 1.54) is 12.1 Å². The molecule has 0 heterocycles. The molecule has 0 aliphatic heterocycles. The number of halogens is 7. The first-order valence-corrected chi connectivity index (χ1v) is 10.8. The van der Waals surface area contributed by atoms with Gasteiger partial charge >= 0.3 is 18.1 Å². The highest BCUT2D eigenvalue weighted by atomic mass is 35.5. The van der Waals surface area contributed by atoms with Crippen LogP contribution in [-0.4, -0.2) is 18.1 Å². The molecular weight excluding hydrogens is 486 g/mol. The SMILES string of the molecule is CC(C)(C)CC(C)(C)c1ccc(OC(=O)C(F)(F)C(F)(F)F)c(Cc2ccc(Cl)cc2Cl)c1. The van der Waals surface area contributed by atoms with Gasteiger partial charge < -0.3 is 4.74 Å². The lowest BCUT2D eigenvalue weighted by Crippen LogP contribution is -2.46. The standard InChI is InChI=1S/C24H25Cl2F5O2/c1-21(2,3)13-22(4,5)16-7-9-19(33-20(32)23(27,28)24(29,30)31)15(11-16)10-14-6-8-17(25)12-18(14)26/h6-9,11-12H,10,13H2,1-5H3. The number of hydrogen-bond donors (Lipinski definition) is 0. The van der Waals surface area contributed by atoms with E-state index in [0.717, 1.165) is 12.0 Å². The summed E-state index contributed by atoms with van der Waals surface area (Å²) in [7, 11) is 0. The van der Waals surface area contributed by atoms with Crippen LogP contribution in [0, 0.1) is 5.41 Å². The van der Waals surface area contributed by atoms with Crippen molar-refractivity contribution in [1.82, 2.24) is 0 Å². The summed E-state index contributed by atoms with van der Waals surface area (Å²) in [6.45, 7) is 10.2. The van der Waals surface area contributed by atoms with Crippen LogP contribution in [0.2, 0.25) is 10.0 Å². The summed E-state index contributed by atoms with van der Waals surface area (Å²) < 4.78 is 69.4. The Balaban J connectivity index is 2.53. The second-order valence-electron chi connectivity index (χ2n) is 9.82. The van der Waals surface area contributed by atoms with Crippen LogP contribution in [-0.2, 0) is 16.6 Å². The van der Waals surface area contributed by atoms with Crippen molar-refractivity contribution in [2.24, 2.45) is 5.41 Å². The van der Waals surface area contributed by atoms with Crippen LogP contribution in [0.3, 0.4) is 0 Å². The van der Waals surface area contributed by atoms with Gasteiger partial charge in [0.1, 0.15) is 5.75 Å². The molecule has 33 heavy (non-hydrogen) atoms. The molecule has 9 heteroatoms. The highest BCUT2D eigenvalue weighted by Crippen LogP contribution is 2.40. The predicted octanol–water partition coefficient (Wildman–Crippen LogP) is 8.40. The molecule has 0 aliphatic rings. The summed E-state index contributed by atoms with van der Waals surface area (Å²) in [5.74, 6) is -8.74. The molecule has 0 spiro atoms. The number of benzene rings is 2. The third kappa shape index (κ3) is 6.82. The van der Waals surface area contributed by atoms with Gasteiger partial charge in [-0.15, -0.1) is 0 Å². The smallest absolute Gasteiger partial charge is 0.422 e. The Labute approximate surface area is 200 Å². The average Bonchev–Trinajstić information content (AvgIpc) is 2.62. The summed E-state index contributed by atoms with van der Waals surface area (Å²) in [6, 6.07) is 9.10. The Hall–Kier alpha value is -1.86. The van der Waals surface area contributed by atoms with Crippen molar-refractivity contribution >= 4 is 29.2 Å². The molecule has 0 saturated carbocycles. The minimum Gasteiger partial charge on any atom is -0.422 e. The first-order chi connectivity index (χ1) is 14.8. The van der Waals surface area contributed by atoms with E-state index in [4.69, 9.17) is 23.2 Å². The van der Waals surface area contributed by atoms with Gasteiger partial charge in [-0.2, -0.15) is 22.0 Å². The number of alkyl halides is 5. The van der Waals surface area contributed by atoms with Gasteiger partial charge in [-0.25, -0.2) is 4.79 Å². The van der Waals surface area contributed by atoms with Crippen LogP contribution in [0.25, 0.3) is 0 Å². The van der Waals surface area contributed by atoms with E-state index in [0.29, 0.717) is 10.6 Å². The van der Waals surface area contributed by atoms with Gasteiger partial charge in [0.05, 0.1) is 0 Å². The quantitative estimate of drug-likeness (QED) is 0.221. The van der Waals surface area contributed by atoms with E-state index in [1.54, 1.807) is 24.3 Å². The summed E-state index contributed by atoms with van der Waals surface area (Å²) in [4.78, 5) is 11.7. The van der Waals surface area contributed by atoms with Crippen LogP contribution < -0.4 is 4.74 Å². The van der Waals surface area contributed by atoms with E-state index in [2.05, 4.69) is 25.5 Å². The van der Waals surface area contributed by atoms with Crippen molar-refractivity contribution in [3.63, 3.8) is 0 Å². The van der Waals surface area contributed by atoms with Crippen LogP contribution >= 0.6 is 23.2 Å². The maximum absolute atomic E-state index is 13.5. The van der Waals surface area contributed by atoms with Gasteiger partial charge in [-0.05, 0) is 52.1 Å². The monoisotopic (exact) mass is 510 g/mol. The van der Waals surface area contributed by atoms with Crippen molar-refractivity contribution in [2.45, 2.75) is 65.0 Å². The fourth-order valence-corrected chi connectivity index (χ4v) is 4.29. The van der Waals surface area contributed by atoms with E-state index in [-0.39, 0.29) is 27.8 Å². The molecule has 0 atom stereocenters. The number of rotatable bonds is 6. The number of ether oxygens (including phenoxy) is 1. The zero-order valence-electron chi connectivity index (χ0n) is 18.8. The van der Waals surface area contributed by atoms with Crippen LogP contribution in [0.1, 0.15) is 57.7 Å². The summed E-state index contributed by atoms with van der Waals surface area (Å²) in [6.07, 6.45) is -5.29. The van der Waals surface area contributed by atoms with Gasteiger partial charge in [0.2, 0.25) is 0 Å². The molecule has 0 bridgehead atoms. The Morgan fingerprint density at radius 3 is 2.00 bits per heavy atom. The molecule has 2 aromatic rings. The first-order valence-electron chi connectivity index (χ1n) is 10.1. The van der Waals surface area contributed by atoms with Gasteiger partial charge in [0, 0.05) is 16.5 Å². The molecule has 2 nitrogen and oxygen atoms in total. The molecule has 0 fully saturated rings. The van der Waals surface area contributed by atoms with Crippen LogP contribution in [0.15, 0.2) is 36.4 Å². The molecule has 0 radical (unpaired) electrons. The lowest BCUT2D eigenvalue weighted by atomic mass is 9.72. The maximum Gasteiger partial charge on any atom is 0.465 e. The Bertz CT molecular complexity index is 1020. The van der Waals surface area contributed by atoms with E-state index in [1.807, 2.05) is 13.8 Å². The first kappa shape index (κ1) is 27.4. The second kappa shape index (κ2) is 9.41. The van der Waals surface area contributed by atoms with Crippen molar-refractivity contribution in [3.05, 3.63) is 63.1 Å². The Morgan fingerprint density at radius 2 is 1.48 bits per heavy atom. The van der Waals surface area contributed by atoms with Crippen molar-refractivity contribution < 1.29 is 31.5 Å². The van der Waals surface area contributed by atoms with Crippen molar-refractivity contribution in [3.8, 4) is 5.75 Å². The zero-order valence-corrected chi connectivity index (χ0v) is 20.4. The number of carbonyl (C=O) groups excluding carboxylic acids is 1. The second-order valence-corrected chi connectivity index (χ2v) is 10.7. The normalized spacial score (nSPS) is 13.2. The number of carbonyl (C=O) groups is 1. The van der Waals surface area contributed by atoms with E-state index in [9.17, 15) is 26.7 Å². The van der Waals surface area contributed by atoms with Crippen molar-refractivity contribution in [1.29, 1.82) is 0 Å². The van der Waals surface area contributed by atoms with Gasteiger partial charge in [-0.3, -0.25) is 0 Å². The lowest BCUT2D eigenvalue weighted by molar-refractivity contribution is -0.276. The van der Waals surface area contributed by atoms with Crippen molar-refractivity contribution in [2.75, 3.05) is 0 Å².